The van der Waals surface area contributed by atoms with Crippen LogP contribution in [0.25, 0.3) is 22.0 Å². The molecule has 3 heterocycles. The molecule has 0 amide bonds. The smallest absolute Gasteiger partial charge is 0.359 e. The van der Waals surface area contributed by atoms with E-state index in [-0.39, 0.29) is 12.4 Å². The van der Waals surface area contributed by atoms with E-state index in [4.69, 9.17) is 13.9 Å². The van der Waals surface area contributed by atoms with Crippen LogP contribution in [-0.2, 0) is 16.2 Å². The zero-order chi connectivity index (χ0) is 24.6. The van der Waals surface area contributed by atoms with Crippen LogP contribution in [-0.4, -0.2) is 53.6 Å². The van der Waals surface area contributed by atoms with Gasteiger partial charge in [0.2, 0.25) is 5.95 Å². The van der Waals surface area contributed by atoms with E-state index in [0.717, 1.165) is 35.6 Å². The molecular weight excluding hydrogens is 464 g/mol. The summed E-state index contributed by atoms with van der Waals surface area (Å²) in [4.78, 5) is 21.5. The molecule has 0 bridgehead atoms. The first-order valence-corrected chi connectivity index (χ1v) is 15.5. The molecule has 11 heteroatoms. The summed E-state index contributed by atoms with van der Waals surface area (Å²) in [6.07, 6.45) is 3.86. The fourth-order valence-corrected chi connectivity index (χ4v) is 4.45. The van der Waals surface area contributed by atoms with Crippen molar-refractivity contribution < 1.29 is 18.7 Å². The van der Waals surface area contributed by atoms with Gasteiger partial charge in [-0.2, -0.15) is 10.1 Å². The third-order valence-electron chi connectivity index (χ3n) is 5.82. The molecule has 0 unspecified atom stereocenters. The molecule has 1 fully saturated rings. The SMILES string of the molecule is COC(=O)c1nn(COCC[Si](C)(C)C)c2cc(Nc3nc(NC4CC4)c4occc4n3)ccc12. The Kier molecular flexibility index (Phi) is 6.20. The molecule has 1 aromatic carbocycles. The van der Waals surface area contributed by atoms with Crippen LogP contribution < -0.4 is 10.6 Å². The van der Waals surface area contributed by atoms with Crippen LogP contribution in [0, 0.1) is 0 Å². The minimum absolute atomic E-state index is 0.244. The number of furan rings is 1. The maximum Gasteiger partial charge on any atom is 0.359 e. The number of benzene rings is 1. The second kappa shape index (κ2) is 9.31. The van der Waals surface area contributed by atoms with E-state index in [9.17, 15) is 4.79 Å². The van der Waals surface area contributed by atoms with Crippen molar-refractivity contribution in [2.75, 3.05) is 24.4 Å². The number of hydrogen-bond acceptors (Lipinski definition) is 9. The Morgan fingerprint density at radius 1 is 1.23 bits per heavy atom. The normalized spacial score (nSPS) is 13.9. The molecule has 10 nitrogen and oxygen atoms in total. The van der Waals surface area contributed by atoms with E-state index >= 15 is 0 Å². The highest BCUT2D eigenvalue weighted by Crippen LogP contribution is 2.31. The number of carbonyl (C=O) groups excluding carboxylic acids is 1. The second-order valence-corrected chi connectivity index (χ2v) is 15.6. The first kappa shape index (κ1) is 23.3. The van der Waals surface area contributed by atoms with E-state index in [1.165, 1.54) is 7.11 Å². The van der Waals surface area contributed by atoms with Crippen molar-refractivity contribution in [2.45, 2.75) is 51.3 Å². The summed E-state index contributed by atoms with van der Waals surface area (Å²) in [6, 6.07) is 8.91. The van der Waals surface area contributed by atoms with Gasteiger partial charge in [0.25, 0.3) is 0 Å². The van der Waals surface area contributed by atoms with Crippen LogP contribution in [0.3, 0.4) is 0 Å². The van der Waals surface area contributed by atoms with Crippen LogP contribution in [0.4, 0.5) is 17.5 Å². The number of carbonyl (C=O) groups is 1. The van der Waals surface area contributed by atoms with Crippen LogP contribution in [0.15, 0.2) is 34.9 Å². The maximum atomic E-state index is 12.3. The van der Waals surface area contributed by atoms with Crippen LogP contribution in [0.1, 0.15) is 23.3 Å². The van der Waals surface area contributed by atoms with E-state index in [1.807, 2.05) is 24.3 Å². The number of nitrogens with zero attached hydrogens (tertiary/aromatic N) is 4. The Labute approximate surface area is 204 Å². The predicted molar refractivity (Wildman–Crippen MR) is 137 cm³/mol. The largest absolute Gasteiger partial charge is 0.464 e. The Bertz CT molecular complexity index is 1370. The number of ether oxygens (including phenoxy) is 2. The second-order valence-electron chi connectivity index (χ2n) is 9.99. The number of anilines is 3. The average molecular weight is 495 g/mol. The highest BCUT2D eigenvalue weighted by molar-refractivity contribution is 6.76. The lowest BCUT2D eigenvalue weighted by molar-refractivity contribution is 0.0585. The fraction of sp³-hybridized carbons (Fsp3) is 0.417. The fourth-order valence-electron chi connectivity index (χ4n) is 3.69. The highest BCUT2D eigenvalue weighted by Gasteiger charge is 2.24. The molecular formula is C24H30N6O4Si. The van der Waals surface area contributed by atoms with Crippen molar-refractivity contribution in [1.82, 2.24) is 19.7 Å². The molecule has 2 N–H and O–H groups in total. The summed E-state index contributed by atoms with van der Waals surface area (Å²) < 4.78 is 18.1. The molecule has 184 valence electrons. The summed E-state index contributed by atoms with van der Waals surface area (Å²) >= 11 is 0. The highest BCUT2D eigenvalue weighted by atomic mass is 28.3. The monoisotopic (exact) mass is 494 g/mol. The number of fused-ring (bicyclic) bond motifs is 2. The Hall–Kier alpha value is -3.44. The van der Waals surface area contributed by atoms with Gasteiger partial charge in [-0.25, -0.2) is 14.5 Å². The van der Waals surface area contributed by atoms with E-state index in [1.54, 1.807) is 10.9 Å². The van der Waals surface area contributed by atoms with E-state index in [2.05, 4.69) is 45.3 Å². The lowest BCUT2D eigenvalue weighted by Crippen LogP contribution is -2.22. The summed E-state index contributed by atoms with van der Waals surface area (Å²) in [5.41, 5.74) is 3.14. The van der Waals surface area contributed by atoms with Gasteiger partial charge in [-0.1, -0.05) is 19.6 Å². The van der Waals surface area contributed by atoms with E-state index < -0.39 is 14.0 Å². The number of rotatable bonds is 10. The van der Waals surface area contributed by atoms with Gasteiger partial charge in [0.15, 0.2) is 17.1 Å². The third-order valence-corrected chi connectivity index (χ3v) is 7.52. The summed E-state index contributed by atoms with van der Waals surface area (Å²) in [5.74, 6) is 0.646. The van der Waals surface area contributed by atoms with Gasteiger partial charge in [0.1, 0.15) is 12.2 Å². The molecule has 0 saturated heterocycles. The number of esters is 1. The maximum absolute atomic E-state index is 12.3. The van der Waals surface area contributed by atoms with Gasteiger partial charge in [-0.05, 0) is 37.1 Å². The van der Waals surface area contributed by atoms with Crippen molar-refractivity contribution in [3.8, 4) is 0 Å². The summed E-state index contributed by atoms with van der Waals surface area (Å²) in [7, 11) is 0.141. The van der Waals surface area contributed by atoms with Crippen LogP contribution >= 0.6 is 0 Å². The number of aromatic nitrogens is 4. The van der Waals surface area contributed by atoms with Crippen LogP contribution in [0.5, 0.6) is 0 Å². The van der Waals surface area contributed by atoms with Crippen LogP contribution in [0.2, 0.25) is 25.7 Å². The van der Waals surface area contributed by atoms with Gasteiger partial charge in [-0.15, -0.1) is 0 Å². The van der Waals surface area contributed by atoms with Gasteiger partial charge >= 0.3 is 5.97 Å². The third kappa shape index (κ3) is 5.30. The first-order chi connectivity index (χ1) is 16.8. The molecule has 4 aromatic rings. The predicted octanol–water partition coefficient (Wildman–Crippen LogP) is 4.99. The Morgan fingerprint density at radius 2 is 2.06 bits per heavy atom. The molecule has 0 radical (unpaired) electrons. The molecule has 0 aliphatic heterocycles. The quantitative estimate of drug-likeness (QED) is 0.179. The van der Waals surface area contributed by atoms with Crippen molar-refractivity contribution >= 4 is 53.5 Å². The molecule has 3 aromatic heterocycles. The van der Waals surface area contributed by atoms with Gasteiger partial charge in [0, 0.05) is 37.9 Å². The average Bonchev–Trinajstić information content (AvgIpc) is 3.37. The van der Waals surface area contributed by atoms with Crippen molar-refractivity contribution in [2.24, 2.45) is 0 Å². The van der Waals surface area contributed by atoms with Gasteiger partial charge in [-0.3, -0.25) is 0 Å². The lowest BCUT2D eigenvalue weighted by atomic mass is 10.2. The minimum atomic E-state index is -1.21. The molecule has 0 atom stereocenters. The first-order valence-electron chi connectivity index (χ1n) is 11.8. The molecule has 1 aliphatic rings. The van der Waals surface area contributed by atoms with E-state index in [0.29, 0.717) is 35.4 Å². The Morgan fingerprint density at radius 3 is 2.80 bits per heavy atom. The minimum Gasteiger partial charge on any atom is -0.464 e. The number of methoxy groups -OCH3 is 1. The summed E-state index contributed by atoms with van der Waals surface area (Å²) in [6.45, 7) is 7.82. The Balaban J connectivity index is 1.43. The molecule has 5 rings (SSSR count). The zero-order valence-electron chi connectivity index (χ0n) is 20.4. The summed E-state index contributed by atoms with van der Waals surface area (Å²) in [5, 5.41) is 11.9. The van der Waals surface area contributed by atoms with Gasteiger partial charge < -0.3 is 24.5 Å². The van der Waals surface area contributed by atoms with Crippen molar-refractivity contribution in [3.05, 3.63) is 36.2 Å². The lowest BCUT2D eigenvalue weighted by Gasteiger charge is -2.15. The topological polar surface area (TPSA) is 116 Å². The van der Waals surface area contributed by atoms with Crippen molar-refractivity contribution in [1.29, 1.82) is 0 Å². The van der Waals surface area contributed by atoms with Crippen molar-refractivity contribution in [3.63, 3.8) is 0 Å². The zero-order valence-corrected chi connectivity index (χ0v) is 21.4. The molecule has 1 aliphatic carbocycles. The molecule has 35 heavy (non-hydrogen) atoms. The number of nitrogens with one attached hydrogen (secondary N) is 2. The molecule has 0 spiro atoms. The molecule has 1 saturated carbocycles. The standard InChI is InChI=1S/C24H30N6O4Si/c1-32-23(31)20-17-8-7-16(13-19(17)30(29-20)14-33-11-12-35(2,3)4)26-24-27-18-9-10-34-21(18)22(28-24)25-15-5-6-15/h7-10,13,15H,5-6,11-12,14H2,1-4H3,(H2,25,26,27,28). The number of hydrogen-bond donors (Lipinski definition) is 2. The van der Waals surface area contributed by atoms with Gasteiger partial charge in [0.05, 0.1) is 18.9 Å².